The number of fused-ring (bicyclic) bond motifs is 2. The van der Waals surface area contributed by atoms with Crippen molar-refractivity contribution in [2.45, 2.75) is 44.3 Å². The standard InChI is InChI=1S/C20H21N3O3/c1-12(24)17-9-7-16(11-21-17)26-15-5-2-13(3-6-15)20(25)23-19-10-14-4-8-18(19)22-14/h2-3,5-7,9,11,14,18-19,22H,4,8,10H2,1H3,(H,23,25)/t14-,18+,19-/m1/s1. The number of hydrogen-bond acceptors (Lipinski definition) is 5. The molecule has 2 bridgehead atoms. The predicted octanol–water partition coefficient (Wildman–Crippen LogP) is 2.70. The molecule has 6 nitrogen and oxygen atoms in total. The fourth-order valence-corrected chi connectivity index (χ4v) is 3.69. The second-order valence-electron chi connectivity index (χ2n) is 6.92. The Morgan fingerprint density at radius 3 is 2.46 bits per heavy atom. The molecule has 2 aliphatic rings. The number of pyridine rings is 1. The van der Waals surface area contributed by atoms with E-state index in [1.54, 1.807) is 36.4 Å². The van der Waals surface area contributed by atoms with Gasteiger partial charge in [-0.25, -0.2) is 4.98 Å². The van der Waals surface area contributed by atoms with Crippen LogP contribution >= 0.6 is 0 Å². The zero-order chi connectivity index (χ0) is 18.1. The summed E-state index contributed by atoms with van der Waals surface area (Å²) in [5, 5.41) is 6.65. The molecule has 1 aromatic carbocycles. The molecule has 0 spiro atoms. The normalized spacial score (nSPS) is 23.7. The lowest BCUT2D eigenvalue weighted by Crippen LogP contribution is -2.42. The minimum atomic E-state index is -0.0856. The van der Waals surface area contributed by atoms with Gasteiger partial charge in [0.2, 0.25) is 0 Å². The molecule has 2 fully saturated rings. The summed E-state index contributed by atoms with van der Waals surface area (Å²) in [7, 11) is 0. The lowest BCUT2D eigenvalue weighted by Gasteiger charge is -2.21. The summed E-state index contributed by atoms with van der Waals surface area (Å²) < 4.78 is 5.71. The third-order valence-electron chi connectivity index (χ3n) is 5.07. The number of carbonyl (C=O) groups is 2. The van der Waals surface area contributed by atoms with Gasteiger partial charge in [0, 0.05) is 30.6 Å². The molecule has 1 aromatic heterocycles. The molecule has 2 saturated heterocycles. The van der Waals surface area contributed by atoms with Crippen LogP contribution in [0.15, 0.2) is 42.6 Å². The number of ketones is 1. The molecule has 2 N–H and O–H groups in total. The largest absolute Gasteiger partial charge is 0.456 e. The van der Waals surface area contributed by atoms with Gasteiger partial charge >= 0.3 is 0 Å². The molecule has 0 aliphatic carbocycles. The number of nitrogens with zero attached hydrogens (tertiary/aromatic N) is 1. The van der Waals surface area contributed by atoms with Gasteiger partial charge < -0.3 is 15.4 Å². The summed E-state index contributed by atoms with van der Waals surface area (Å²) >= 11 is 0. The molecule has 6 heteroatoms. The lowest BCUT2D eigenvalue weighted by molar-refractivity contribution is 0.0930. The fraction of sp³-hybridized carbons (Fsp3) is 0.350. The Hall–Kier alpha value is -2.73. The maximum Gasteiger partial charge on any atom is 0.251 e. The van der Waals surface area contributed by atoms with Crippen molar-refractivity contribution >= 4 is 11.7 Å². The Kier molecular flexibility index (Phi) is 4.42. The minimum absolute atomic E-state index is 0.0524. The third kappa shape index (κ3) is 3.46. The molecule has 2 aromatic rings. The summed E-state index contributed by atoms with van der Waals surface area (Å²) in [5.41, 5.74) is 1.02. The molecule has 0 unspecified atom stereocenters. The van der Waals surface area contributed by atoms with Gasteiger partial charge in [-0.2, -0.15) is 0 Å². The molecule has 26 heavy (non-hydrogen) atoms. The van der Waals surface area contributed by atoms with Crippen LogP contribution in [0.1, 0.15) is 47.0 Å². The number of hydrogen-bond donors (Lipinski definition) is 2. The summed E-state index contributed by atoms with van der Waals surface area (Å²) in [4.78, 5) is 27.7. The number of benzene rings is 1. The van der Waals surface area contributed by atoms with E-state index >= 15 is 0 Å². The first kappa shape index (κ1) is 16.7. The molecular weight excluding hydrogens is 330 g/mol. The van der Waals surface area contributed by atoms with Gasteiger partial charge in [-0.15, -0.1) is 0 Å². The minimum Gasteiger partial charge on any atom is -0.456 e. The lowest BCUT2D eigenvalue weighted by atomic mass is 9.95. The average molecular weight is 351 g/mol. The molecule has 0 radical (unpaired) electrons. The highest BCUT2D eigenvalue weighted by Gasteiger charge is 2.39. The van der Waals surface area contributed by atoms with Crippen molar-refractivity contribution in [2.24, 2.45) is 0 Å². The third-order valence-corrected chi connectivity index (χ3v) is 5.07. The Morgan fingerprint density at radius 2 is 1.88 bits per heavy atom. The Labute approximate surface area is 152 Å². The Morgan fingerprint density at radius 1 is 1.12 bits per heavy atom. The molecule has 134 valence electrons. The quantitative estimate of drug-likeness (QED) is 0.810. The van der Waals surface area contributed by atoms with E-state index in [1.807, 2.05) is 0 Å². The van der Waals surface area contributed by atoms with Crippen LogP contribution in [0.3, 0.4) is 0 Å². The Balaban J connectivity index is 1.37. The molecule has 0 saturated carbocycles. The molecule has 3 heterocycles. The van der Waals surface area contributed by atoms with Crippen LogP contribution in [-0.4, -0.2) is 34.8 Å². The molecule has 2 aliphatic heterocycles. The molecule has 1 amide bonds. The highest BCUT2D eigenvalue weighted by atomic mass is 16.5. The first-order valence-electron chi connectivity index (χ1n) is 8.90. The van der Waals surface area contributed by atoms with Crippen LogP contribution < -0.4 is 15.4 Å². The van der Waals surface area contributed by atoms with Crippen LogP contribution in [0.25, 0.3) is 0 Å². The second-order valence-corrected chi connectivity index (χ2v) is 6.92. The first-order valence-corrected chi connectivity index (χ1v) is 8.90. The second kappa shape index (κ2) is 6.88. The van der Waals surface area contributed by atoms with Crippen LogP contribution in [0, 0.1) is 0 Å². The SMILES string of the molecule is CC(=O)c1ccc(Oc2ccc(C(=O)N[C@@H]3C[C@H]4CC[C@@H]3N4)cc2)cn1. The van der Waals surface area contributed by atoms with Crippen LogP contribution in [0.4, 0.5) is 0 Å². The topological polar surface area (TPSA) is 80.3 Å². The van der Waals surface area contributed by atoms with Crippen molar-refractivity contribution in [2.75, 3.05) is 0 Å². The van der Waals surface area contributed by atoms with E-state index in [0.717, 1.165) is 12.8 Å². The van der Waals surface area contributed by atoms with E-state index in [9.17, 15) is 9.59 Å². The van der Waals surface area contributed by atoms with Crippen LogP contribution in [0.5, 0.6) is 11.5 Å². The van der Waals surface area contributed by atoms with Crippen molar-refractivity contribution in [1.82, 2.24) is 15.6 Å². The smallest absolute Gasteiger partial charge is 0.251 e. The number of aromatic nitrogens is 1. The van der Waals surface area contributed by atoms with E-state index in [0.29, 0.717) is 34.8 Å². The van der Waals surface area contributed by atoms with E-state index in [2.05, 4.69) is 15.6 Å². The van der Waals surface area contributed by atoms with E-state index in [4.69, 9.17) is 4.74 Å². The van der Waals surface area contributed by atoms with Crippen LogP contribution in [-0.2, 0) is 0 Å². The number of carbonyl (C=O) groups excluding carboxylic acids is 2. The maximum atomic E-state index is 12.4. The van der Waals surface area contributed by atoms with Gasteiger partial charge in [0.25, 0.3) is 5.91 Å². The van der Waals surface area contributed by atoms with E-state index in [-0.39, 0.29) is 17.7 Å². The predicted molar refractivity (Wildman–Crippen MR) is 96.6 cm³/mol. The number of nitrogens with one attached hydrogen (secondary N) is 2. The van der Waals surface area contributed by atoms with E-state index in [1.165, 1.54) is 19.5 Å². The summed E-state index contributed by atoms with van der Waals surface area (Å²) in [5.74, 6) is 1.02. The average Bonchev–Trinajstić information content (AvgIpc) is 3.26. The summed E-state index contributed by atoms with van der Waals surface area (Å²) in [6.45, 7) is 1.47. The Bertz CT molecular complexity index is 817. The maximum absolute atomic E-state index is 12.4. The van der Waals surface area contributed by atoms with Crippen molar-refractivity contribution in [1.29, 1.82) is 0 Å². The fourth-order valence-electron chi connectivity index (χ4n) is 3.69. The molecular formula is C20H21N3O3. The van der Waals surface area contributed by atoms with Gasteiger partial charge in [0.1, 0.15) is 17.2 Å². The van der Waals surface area contributed by atoms with Crippen LogP contribution in [0.2, 0.25) is 0 Å². The van der Waals surface area contributed by atoms with Crippen molar-refractivity contribution in [3.05, 3.63) is 53.9 Å². The summed E-state index contributed by atoms with van der Waals surface area (Å²) in [6.07, 6.45) is 4.88. The van der Waals surface area contributed by atoms with Gasteiger partial charge in [0.05, 0.1) is 6.20 Å². The summed E-state index contributed by atoms with van der Waals surface area (Å²) in [6, 6.07) is 11.5. The number of amides is 1. The molecule has 3 atom stereocenters. The van der Waals surface area contributed by atoms with Gasteiger partial charge in [0.15, 0.2) is 5.78 Å². The van der Waals surface area contributed by atoms with Crippen molar-refractivity contribution in [3.63, 3.8) is 0 Å². The highest BCUT2D eigenvalue weighted by molar-refractivity contribution is 5.94. The van der Waals surface area contributed by atoms with Gasteiger partial charge in [-0.05, 0) is 55.7 Å². The van der Waals surface area contributed by atoms with E-state index < -0.39 is 0 Å². The zero-order valence-electron chi connectivity index (χ0n) is 14.6. The highest BCUT2D eigenvalue weighted by Crippen LogP contribution is 2.28. The number of ether oxygens (including phenoxy) is 1. The monoisotopic (exact) mass is 351 g/mol. The van der Waals surface area contributed by atoms with Gasteiger partial charge in [-0.1, -0.05) is 0 Å². The first-order chi connectivity index (χ1) is 12.6. The van der Waals surface area contributed by atoms with Gasteiger partial charge in [-0.3, -0.25) is 9.59 Å². The number of rotatable bonds is 5. The van der Waals surface area contributed by atoms with Crippen molar-refractivity contribution < 1.29 is 14.3 Å². The zero-order valence-corrected chi connectivity index (χ0v) is 14.6. The van der Waals surface area contributed by atoms with Crippen molar-refractivity contribution in [3.8, 4) is 11.5 Å². The number of Topliss-reactive ketones (excluding diaryl/α,β-unsaturated/α-hetero) is 1. The molecule has 4 rings (SSSR count).